The van der Waals surface area contributed by atoms with Crippen molar-refractivity contribution in [2.45, 2.75) is 18.9 Å². The molecule has 0 aliphatic carbocycles. The van der Waals surface area contributed by atoms with Crippen LogP contribution in [0.5, 0.6) is 0 Å². The van der Waals surface area contributed by atoms with Crippen LogP contribution in [-0.4, -0.2) is 30.6 Å². The molecule has 1 atom stereocenters. The number of hydrazone groups is 1. The Morgan fingerprint density at radius 1 is 1.45 bits per heavy atom. The summed E-state index contributed by atoms with van der Waals surface area (Å²) in [6, 6.07) is 3.53. The molecule has 0 amide bonds. The van der Waals surface area contributed by atoms with Gasteiger partial charge in [0.15, 0.2) is 16.7 Å². The molecule has 1 saturated heterocycles. The van der Waals surface area contributed by atoms with E-state index in [9.17, 15) is 8.78 Å². The van der Waals surface area contributed by atoms with Crippen LogP contribution in [-0.2, 0) is 4.74 Å². The molecule has 7 heteroatoms. The number of thiocarbonyl (C=S) groups is 1. The first-order chi connectivity index (χ1) is 9.65. The molecule has 1 aliphatic heterocycles. The largest absolute Gasteiger partial charge is 0.376 e. The van der Waals surface area contributed by atoms with Crippen LogP contribution < -0.4 is 10.7 Å². The second-order valence-corrected chi connectivity index (χ2v) is 4.80. The van der Waals surface area contributed by atoms with Gasteiger partial charge in [0.2, 0.25) is 0 Å². The predicted molar refractivity (Wildman–Crippen MR) is 76.7 cm³/mol. The van der Waals surface area contributed by atoms with Crippen LogP contribution in [0.25, 0.3) is 0 Å². The lowest BCUT2D eigenvalue weighted by atomic mass is 10.2. The SMILES string of the molecule is Fc1ccc(/C=N/NC(=S)NCC2CCCO2)cc1F. The van der Waals surface area contributed by atoms with Gasteiger partial charge in [0.1, 0.15) is 0 Å². The lowest BCUT2D eigenvalue weighted by Gasteiger charge is -2.11. The number of nitrogens with zero attached hydrogens (tertiary/aromatic N) is 1. The van der Waals surface area contributed by atoms with Crippen molar-refractivity contribution in [1.29, 1.82) is 0 Å². The van der Waals surface area contributed by atoms with E-state index >= 15 is 0 Å². The average Bonchev–Trinajstić information content (AvgIpc) is 2.94. The Balaban J connectivity index is 1.74. The van der Waals surface area contributed by atoms with Crippen molar-refractivity contribution in [3.8, 4) is 0 Å². The first-order valence-electron chi connectivity index (χ1n) is 6.29. The van der Waals surface area contributed by atoms with E-state index < -0.39 is 11.6 Å². The van der Waals surface area contributed by atoms with Crippen LogP contribution >= 0.6 is 12.2 Å². The van der Waals surface area contributed by atoms with Crippen LogP contribution in [0.15, 0.2) is 23.3 Å². The molecule has 0 saturated carbocycles. The lowest BCUT2D eigenvalue weighted by Crippen LogP contribution is -2.37. The van der Waals surface area contributed by atoms with Gasteiger partial charge >= 0.3 is 0 Å². The zero-order valence-electron chi connectivity index (χ0n) is 10.7. The van der Waals surface area contributed by atoms with E-state index in [1.54, 1.807) is 0 Å². The Bertz CT molecular complexity index is 504. The minimum atomic E-state index is -0.909. The highest BCUT2D eigenvalue weighted by Gasteiger charge is 2.14. The molecule has 4 nitrogen and oxygen atoms in total. The molecule has 1 unspecified atom stereocenters. The fraction of sp³-hybridized carbons (Fsp3) is 0.385. The molecule has 0 spiro atoms. The van der Waals surface area contributed by atoms with Crippen LogP contribution in [0.3, 0.4) is 0 Å². The molecule has 108 valence electrons. The molecule has 0 radical (unpaired) electrons. The zero-order chi connectivity index (χ0) is 14.4. The van der Waals surface area contributed by atoms with Gasteiger partial charge in [-0.15, -0.1) is 0 Å². The minimum Gasteiger partial charge on any atom is -0.376 e. The van der Waals surface area contributed by atoms with Gasteiger partial charge in [-0.1, -0.05) is 6.07 Å². The Labute approximate surface area is 121 Å². The summed E-state index contributed by atoms with van der Waals surface area (Å²) in [6.07, 6.45) is 3.64. The van der Waals surface area contributed by atoms with Gasteiger partial charge in [-0.2, -0.15) is 5.10 Å². The number of hydrogen-bond acceptors (Lipinski definition) is 3. The van der Waals surface area contributed by atoms with E-state index in [1.807, 2.05) is 0 Å². The van der Waals surface area contributed by atoms with Crippen LogP contribution in [0, 0.1) is 11.6 Å². The van der Waals surface area contributed by atoms with Crippen molar-refractivity contribution in [1.82, 2.24) is 10.7 Å². The third kappa shape index (κ3) is 4.50. The Morgan fingerprint density at radius 2 is 2.30 bits per heavy atom. The maximum atomic E-state index is 12.9. The van der Waals surface area contributed by atoms with Crippen molar-refractivity contribution in [3.63, 3.8) is 0 Å². The molecule has 2 N–H and O–H groups in total. The summed E-state index contributed by atoms with van der Waals surface area (Å²) >= 11 is 5.02. The number of ether oxygens (including phenoxy) is 1. The maximum Gasteiger partial charge on any atom is 0.187 e. The van der Waals surface area contributed by atoms with Crippen molar-refractivity contribution in [3.05, 3.63) is 35.4 Å². The second kappa shape index (κ2) is 7.25. The Morgan fingerprint density at radius 3 is 3.00 bits per heavy atom. The van der Waals surface area contributed by atoms with Crippen LogP contribution in [0.4, 0.5) is 8.78 Å². The van der Waals surface area contributed by atoms with Gasteiger partial charge < -0.3 is 10.1 Å². The summed E-state index contributed by atoms with van der Waals surface area (Å²) in [7, 11) is 0. The number of nitrogens with one attached hydrogen (secondary N) is 2. The first kappa shape index (κ1) is 14.8. The smallest absolute Gasteiger partial charge is 0.187 e. The van der Waals surface area contributed by atoms with E-state index in [0.29, 0.717) is 17.2 Å². The molecule has 0 aromatic heterocycles. The van der Waals surface area contributed by atoms with Gasteiger partial charge in [0.25, 0.3) is 0 Å². The molecule has 1 heterocycles. The number of benzene rings is 1. The first-order valence-corrected chi connectivity index (χ1v) is 6.69. The quantitative estimate of drug-likeness (QED) is 0.507. The summed E-state index contributed by atoms with van der Waals surface area (Å²) in [6.45, 7) is 1.42. The topological polar surface area (TPSA) is 45.7 Å². The Kier molecular flexibility index (Phi) is 5.37. The fourth-order valence-electron chi connectivity index (χ4n) is 1.81. The summed E-state index contributed by atoms with van der Waals surface area (Å²) in [5.41, 5.74) is 3.05. The van der Waals surface area contributed by atoms with E-state index in [4.69, 9.17) is 17.0 Å². The molecule has 1 aromatic carbocycles. The second-order valence-electron chi connectivity index (χ2n) is 4.39. The van der Waals surface area contributed by atoms with Gasteiger partial charge in [0, 0.05) is 13.2 Å². The molecule has 1 aromatic rings. The predicted octanol–water partition coefficient (Wildman–Crippen LogP) is 1.94. The van der Waals surface area contributed by atoms with Gasteiger partial charge in [-0.3, -0.25) is 5.43 Å². The molecular weight excluding hydrogens is 284 g/mol. The molecule has 1 aliphatic rings. The van der Waals surface area contributed by atoms with Crippen molar-refractivity contribution >= 4 is 23.5 Å². The number of rotatable bonds is 4. The van der Waals surface area contributed by atoms with Crippen LogP contribution in [0.1, 0.15) is 18.4 Å². The third-order valence-electron chi connectivity index (χ3n) is 2.84. The third-order valence-corrected chi connectivity index (χ3v) is 3.07. The lowest BCUT2D eigenvalue weighted by molar-refractivity contribution is 0.114. The van der Waals surface area contributed by atoms with Crippen LogP contribution in [0.2, 0.25) is 0 Å². The monoisotopic (exact) mass is 299 g/mol. The fourth-order valence-corrected chi connectivity index (χ4v) is 1.95. The van der Waals surface area contributed by atoms with Crippen molar-refractivity contribution in [2.75, 3.05) is 13.2 Å². The summed E-state index contributed by atoms with van der Waals surface area (Å²) in [4.78, 5) is 0. The van der Waals surface area contributed by atoms with E-state index in [-0.39, 0.29) is 6.10 Å². The highest BCUT2D eigenvalue weighted by molar-refractivity contribution is 7.80. The molecular formula is C13H15F2N3OS. The minimum absolute atomic E-state index is 0.185. The normalized spacial score (nSPS) is 18.4. The standard InChI is InChI=1S/C13H15F2N3OS/c14-11-4-3-9(6-12(11)15)7-17-18-13(20)16-8-10-2-1-5-19-10/h3-4,6-7,10H,1-2,5,8H2,(H2,16,18,20)/b17-7+. The summed E-state index contributed by atoms with van der Waals surface area (Å²) < 4.78 is 31.1. The highest BCUT2D eigenvalue weighted by Crippen LogP contribution is 2.10. The van der Waals surface area contributed by atoms with Gasteiger partial charge in [-0.05, 0) is 42.8 Å². The van der Waals surface area contributed by atoms with E-state index in [0.717, 1.165) is 31.6 Å². The highest BCUT2D eigenvalue weighted by atomic mass is 32.1. The van der Waals surface area contributed by atoms with E-state index in [2.05, 4.69) is 15.8 Å². The maximum absolute atomic E-state index is 12.9. The molecule has 2 rings (SSSR count). The number of halogens is 2. The molecule has 1 fully saturated rings. The van der Waals surface area contributed by atoms with Crippen molar-refractivity contribution in [2.24, 2.45) is 5.10 Å². The van der Waals surface area contributed by atoms with Gasteiger partial charge in [-0.25, -0.2) is 8.78 Å². The van der Waals surface area contributed by atoms with Crippen molar-refractivity contribution < 1.29 is 13.5 Å². The molecule has 0 bridgehead atoms. The number of hydrogen-bond donors (Lipinski definition) is 2. The van der Waals surface area contributed by atoms with E-state index in [1.165, 1.54) is 12.3 Å². The molecule has 20 heavy (non-hydrogen) atoms. The zero-order valence-corrected chi connectivity index (χ0v) is 11.6. The summed E-state index contributed by atoms with van der Waals surface area (Å²) in [5.74, 6) is -1.79. The average molecular weight is 299 g/mol. The van der Waals surface area contributed by atoms with Gasteiger partial charge in [0.05, 0.1) is 12.3 Å². The summed E-state index contributed by atoms with van der Waals surface area (Å²) in [5, 5.41) is 7.19. The Hall–Kier alpha value is -1.60.